The second-order valence-electron chi connectivity index (χ2n) is 26.7. The second-order valence-corrected chi connectivity index (χ2v) is 26.7. The molecule has 0 radical (unpaired) electrons. The summed E-state index contributed by atoms with van der Waals surface area (Å²) in [5.74, 6) is -0.0448. The lowest BCUT2D eigenvalue weighted by Gasteiger charge is -2.20. The average molecular weight is 1210 g/mol. The molecule has 0 aromatic carbocycles. The van der Waals surface area contributed by atoms with Gasteiger partial charge in [-0.3, -0.25) is 9.59 Å². The van der Waals surface area contributed by atoms with Gasteiger partial charge in [-0.15, -0.1) is 0 Å². The van der Waals surface area contributed by atoms with E-state index in [2.05, 4.69) is 55.6 Å². The van der Waals surface area contributed by atoms with Gasteiger partial charge in [-0.25, -0.2) is 0 Å². The largest absolute Gasteiger partial charge is 0.466 e. The number of aliphatic hydroxyl groups excluding tert-OH is 2. The van der Waals surface area contributed by atoms with E-state index in [1.165, 1.54) is 347 Å². The lowest BCUT2D eigenvalue weighted by Crippen LogP contribution is -2.45. The first-order chi connectivity index (χ1) is 42.5. The smallest absolute Gasteiger partial charge is 0.305 e. The molecule has 0 aliphatic rings. The van der Waals surface area contributed by atoms with Crippen molar-refractivity contribution in [1.82, 2.24) is 5.32 Å². The van der Waals surface area contributed by atoms with Crippen molar-refractivity contribution >= 4 is 11.9 Å². The van der Waals surface area contributed by atoms with E-state index in [9.17, 15) is 19.8 Å². The number of rotatable bonds is 73. The Morgan fingerprint density at radius 2 is 0.581 bits per heavy atom. The van der Waals surface area contributed by atoms with E-state index in [0.717, 1.165) is 51.4 Å². The van der Waals surface area contributed by atoms with Gasteiger partial charge in [-0.2, -0.15) is 0 Å². The summed E-state index contributed by atoms with van der Waals surface area (Å²) in [6.07, 6.45) is 99.5. The van der Waals surface area contributed by atoms with Crippen LogP contribution in [0.4, 0.5) is 0 Å². The number of hydrogen-bond acceptors (Lipinski definition) is 5. The van der Waals surface area contributed by atoms with E-state index < -0.39 is 12.1 Å². The molecule has 0 rings (SSSR count). The van der Waals surface area contributed by atoms with Crippen molar-refractivity contribution in [2.24, 2.45) is 0 Å². The van der Waals surface area contributed by atoms with Gasteiger partial charge in [-0.1, -0.05) is 371 Å². The molecule has 2 unspecified atom stereocenters. The standard InChI is InChI=1S/C80H151NO5/c1-3-5-7-9-11-13-15-17-18-19-39-43-46-50-54-58-62-66-70-74-80(85)86-75-71-67-63-59-55-51-47-44-41-38-36-34-32-30-28-26-24-22-20-21-23-25-27-29-31-33-35-37-40-42-45-49-53-57-61-65-69-73-79(84)81-77(76-82)78(83)72-68-64-60-56-52-48-16-14-12-10-8-6-4-2/h11,13,17-18,20,22,68,72,77-78,82-83H,3-10,12,14-16,19,21,23-67,69-71,73-76H2,1-2H3,(H,81,84)/b13-11-,18-17-,22-20-,72-68+. The summed E-state index contributed by atoms with van der Waals surface area (Å²) in [4.78, 5) is 24.6. The van der Waals surface area contributed by atoms with Crippen LogP contribution in [-0.4, -0.2) is 47.4 Å². The number of carbonyl (C=O) groups is 2. The first-order valence-electron chi connectivity index (χ1n) is 38.9. The third-order valence-electron chi connectivity index (χ3n) is 18.1. The Morgan fingerprint density at radius 1 is 0.326 bits per heavy atom. The highest BCUT2D eigenvalue weighted by molar-refractivity contribution is 5.76. The van der Waals surface area contributed by atoms with E-state index in [1.807, 2.05) is 6.08 Å². The van der Waals surface area contributed by atoms with Crippen LogP contribution in [0, 0.1) is 0 Å². The van der Waals surface area contributed by atoms with Crippen LogP contribution in [0.2, 0.25) is 0 Å². The minimum Gasteiger partial charge on any atom is -0.466 e. The molecule has 0 fully saturated rings. The molecule has 86 heavy (non-hydrogen) atoms. The highest BCUT2D eigenvalue weighted by Crippen LogP contribution is 2.19. The normalized spacial score (nSPS) is 12.7. The predicted molar refractivity (Wildman–Crippen MR) is 379 cm³/mol. The van der Waals surface area contributed by atoms with Crippen LogP contribution in [0.15, 0.2) is 48.6 Å². The van der Waals surface area contributed by atoms with Gasteiger partial charge in [0.05, 0.1) is 25.4 Å². The summed E-state index contributed by atoms with van der Waals surface area (Å²) < 4.78 is 5.51. The number of nitrogens with one attached hydrogen (secondary N) is 1. The number of aliphatic hydroxyl groups is 2. The Labute approximate surface area is 537 Å². The monoisotopic (exact) mass is 1210 g/mol. The third-order valence-corrected chi connectivity index (χ3v) is 18.1. The van der Waals surface area contributed by atoms with Gasteiger partial charge in [0.2, 0.25) is 5.91 Å². The lowest BCUT2D eigenvalue weighted by molar-refractivity contribution is -0.143. The van der Waals surface area contributed by atoms with Crippen LogP contribution in [0.25, 0.3) is 0 Å². The Morgan fingerprint density at radius 3 is 0.919 bits per heavy atom. The molecule has 0 aromatic rings. The molecule has 6 nitrogen and oxygen atoms in total. The third kappa shape index (κ3) is 70.9. The Hall–Kier alpha value is -2.18. The van der Waals surface area contributed by atoms with Gasteiger partial charge in [0, 0.05) is 12.8 Å². The molecule has 3 N–H and O–H groups in total. The summed E-state index contributed by atoms with van der Waals surface area (Å²) in [5, 5.41) is 23.1. The van der Waals surface area contributed by atoms with Crippen LogP contribution in [0.5, 0.6) is 0 Å². The average Bonchev–Trinajstić information content (AvgIpc) is 3.54. The zero-order chi connectivity index (χ0) is 62.0. The Bertz CT molecular complexity index is 1440. The van der Waals surface area contributed by atoms with Gasteiger partial charge in [-0.05, 0) is 89.9 Å². The van der Waals surface area contributed by atoms with Crippen molar-refractivity contribution in [2.45, 2.75) is 437 Å². The van der Waals surface area contributed by atoms with E-state index in [-0.39, 0.29) is 18.5 Å². The van der Waals surface area contributed by atoms with E-state index in [1.54, 1.807) is 6.08 Å². The Balaban J connectivity index is 3.32. The molecule has 0 bridgehead atoms. The summed E-state index contributed by atoms with van der Waals surface area (Å²) >= 11 is 0. The maximum absolute atomic E-state index is 12.5. The molecule has 2 atom stereocenters. The van der Waals surface area contributed by atoms with Gasteiger partial charge in [0.1, 0.15) is 0 Å². The van der Waals surface area contributed by atoms with Gasteiger partial charge >= 0.3 is 5.97 Å². The van der Waals surface area contributed by atoms with Gasteiger partial charge in [0.25, 0.3) is 0 Å². The number of esters is 1. The molecule has 6 heteroatoms. The van der Waals surface area contributed by atoms with Crippen LogP contribution in [0.1, 0.15) is 425 Å². The highest BCUT2D eigenvalue weighted by Gasteiger charge is 2.18. The fourth-order valence-corrected chi connectivity index (χ4v) is 12.1. The quantitative estimate of drug-likeness (QED) is 0.0320. The summed E-state index contributed by atoms with van der Waals surface area (Å²) in [6.45, 7) is 4.91. The topological polar surface area (TPSA) is 95.9 Å². The zero-order valence-electron chi connectivity index (χ0n) is 58.1. The molecule has 506 valence electrons. The van der Waals surface area contributed by atoms with Crippen molar-refractivity contribution in [3.8, 4) is 0 Å². The van der Waals surface area contributed by atoms with Crippen molar-refractivity contribution < 1.29 is 24.5 Å². The summed E-state index contributed by atoms with van der Waals surface area (Å²) in [7, 11) is 0. The van der Waals surface area contributed by atoms with Crippen molar-refractivity contribution in [3.63, 3.8) is 0 Å². The maximum Gasteiger partial charge on any atom is 0.305 e. The van der Waals surface area contributed by atoms with E-state index in [4.69, 9.17) is 4.74 Å². The minimum absolute atomic E-state index is 0.0178. The van der Waals surface area contributed by atoms with Crippen LogP contribution in [-0.2, 0) is 14.3 Å². The van der Waals surface area contributed by atoms with Crippen LogP contribution >= 0.6 is 0 Å². The summed E-state index contributed by atoms with van der Waals surface area (Å²) in [6, 6.07) is -0.624. The SMILES string of the molecule is CCCCC/C=C\C/C=C\CCCCCCCCCCCC(=O)OCCCCCCCCCCCCCCCCCC/C=C\CCCCCCCCCCCCCCCCCCCC(=O)NC(CO)C(O)/C=C/CCCCCCCCCCCCC. The molecule has 1 amide bonds. The van der Waals surface area contributed by atoms with Crippen LogP contribution < -0.4 is 5.32 Å². The number of allylic oxidation sites excluding steroid dienone is 7. The molecule has 0 heterocycles. The zero-order valence-corrected chi connectivity index (χ0v) is 58.1. The molecule has 0 spiro atoms. The number of hydrogen-bond donors (Lipinski definition) is 3. The van der Waals surface area contributed by atoms with E-state index >= 15 is 0 Å². The highest BCUT2D eigenvalue weighted by atomic mass is 16.5. The molecule has 0 saturated heterocycles. The number of ether oxygens (including phenoxy) is 1. The molecular weight excluding hydrogens is 1050 g/mol. The van der Waals surface area contributed by atoms with Gasteiger partial charge in [0.15, 0.2) is 0 Å². The van der Waals surface area contributed by atoms with Crippen molar-refractivity contribution in [1.29, 1.82) is 0 Å². The second kappa shape index (κ2) is 75.3. The number of carbonyl (C=O) groups excluding carboxylic acids is 2. The first-order valence-corrected chi connectivity index (χ1v) is 38.9. The predicted octanol–water partition coefficient (Wildman–Crippen LogP) is 25.6. The fraction of sp³-hybridized carbons (Fsp3) is 0.875. The Kier molecular flexibility index (Phi) is 73.4. The van der Waals surface area contributed by atoms with E-state index in [0.29, 0.717) is 19.4 Å². The minimum atomic E-state index is -0.841. The molecule has 0 aromatic heterocycles. The maximum atomic E-state index is 12.5. The lowest BCUT2D eigenvalue weighted by atomic mass is 10.0. The molecule has 0 aliphatic carbocycles. The molecule has 0 saturated carbocycles. The number of amides is 1. The van der Waals surface area contributed by atoms with Gasteiger partial charge < -0.3 is 20.3 Å². The van der Waals surface area contributed by atoms with Crippen molar-refractivity contribution in [2.75, 3.05) is 13.2 Å². The molecular formula is C80H151NO5. The first kappa shape index (κ1) is 83.8. The number of unbranched alkanes of at least 4 members (excludes halogenated alkanes) is 56. The van der Waals surface area contributed by atoms with Crippen LogP contribution in [0.3, 0.4) is 0 Å². The molecule has 0 aliphatic heterocycles. The van der Waals surface area contributed by atoms with Crippen molar-refractivity contribution in [3.05, 3.63) is 48.6 Å². The fourth-order valence-electron chi connectivity index (χ4n) is 12.1. The summed E-state index contributed by atoms with van der Waals surface area (Å²) in [5.41, 5.74) is 0.